The first-order chi connectivity index (χ1) is 6.24. The van der Waals surface area contributed by atoms with Crippen LogP contribution in [0.25, 0.3) is 0 Å². The number of ether oxygens (including phenoxy) is 1. The van der Waals surface area contributed by atoms with E-state index in [1.54, 1.807) is 0 Å². The Bertz CT molecular complexity index is 297. The van der Waals surface area contributed by atoms with E-state index < -0.39 is 0 Å². The summed E-state index contributed by atoms with van der Waals surface area (Å²) in [6.45, 7) is 0. The second-order valence-corrected chi connectivity index (χ2v) is 5.00. The molecule has 1 aromatic carbocycles. The summed E-state index contributed by atoms with van der Waals surface area (Å²) in [6, 6.07) is 7.54. The quantitative estimate of drug-likeness (QED) is 0.739. The summed E-state index contributed by atoms with van der Waals surface area (Å²) in [4.78, 5) is 0.636. The predicted molar refractivity (Wildman–Crippen MR) is 57.8 cm³/mol. The van der Waals surface area contributed by atoms with Crippen LogP contribution in [-0.4, -0.2) is 10.9 Å². The molecule has 0 aromatic heterocycles. The molecule has 0 unspecified atom stereocenters. The number of halogens is 2. The molecule has 0 amide bonds. The molecule has 0 radical (unpaired) electrons. The van der Waals surface area contributed by atoms with Crippen molar-refractivity contribution in [2.75, 3.05) is 0 Å². The van der Waals surface area contributed by atoms with Crippen molar-refractivity contribution in [2.24, 2.45) is 0 Å². The highest BCUT2D eigenvalue weighted by Gasteiger charge is 2.28. The summed E-state index contributed by atoms with van der Waals surface area (Å²) >= 11 is 9.35. The Morgan fingerprint density at radius 1 is 1.38 bits per heavy atom. The minimum Gasteiger partial charge on any atom is -0.490 e. The lowest BCUT2D eigenvalue weighted by Crippen LogP contribution is -2.33. The van der Waals surface area contributed by atoms with Crippen LogP contribution in [0.5, 0.6) is 5.75 Å². The van der Waals surface area contributed by atoms with Crippen LogP contribution in [-0.2, 0) is 0 Å². The molecule has 0 saturated heterocycles. The Hall–Kier alpha value is -0.210. The van der Waals surface area contributed by atoms with Crippen molar-refractivity contribution in [1.29, 1.82) is 0 Å². The van der Waals surface area contributed by atoms with Gasteiger partial charge in [0.05, 0.1) is 0 Å². The van der Waals surface area contributed by atoms with E-state index >= 15 is 0 Å². The maximum atomic E-state index is 5.83. The van der Waals surface area contributed by atoms with Crippen molar-refractivity contribution in [2.45, 2.75) is 23.8 Å². The van der Waals surface area contributed by atoms with Crippen LogP contribution in [0.2, 0.25) is 5.02 Å². The molecule has 0 spiro atoms. The second kappa shape index (κ2) is 3.89. The van der Waals surface area contributed by atoms with Gasteiger partial charge in [-0.3, -0.25) is 0 Å². The lowest BCUT2D eigenvalue weighted by Gasteiger charge is -2.31. The van der Waals surface area contributed by atoms with Crippen molar-refractivity contribution in [3.05, 3.63) is 29.3 Å². The fraction of sp³-hybridized carbons (Fsp3) is 0.400. The maximum Gasteiger partial charge on any atom is 0.121 e. The van der Waals surface area contributed by atoms with E-state index in [1.807, 2.05) is 24.3 Å². The van der Waals surface area contributed by atoms with Gasteiger partial charge >= 0.3 is 0 Å². The minimum absolute atomic E-state index is 0.364. The number of benzene rings is 1. The van der Waals surface area contributed by atoms with Crippen molar-refractivity contribution >= 4 is 27.5 Å². The number of alkyl halides is 1. The molecule has 0 atom stereocenters. The molecule has 0 heterocycles. The van der Waals surface area contributed by atoms with Crippen LogP contribution in [0.15, 0.2) is 24.3 Å². The fourth-order valence-corrected chi connectivity index (χ4v) is 2.34. The fourth-order valence-electron chi connectivity index (χ4n) is 1.33. The van der Waals surface area contributed by atoms with Gasteiger partial charge in [0, 0.05) is 9.85 Å². The summed E-state index contributed by atoms with van der Waals surface area (Å²) < 4.78 is 5.69. The summed E-state index contributed by atoms with van der Waals surface area (Å²) in [7, 11) is 0. The summed E-state index contributed by atoms with van der Waals surface area (Å²) in [6.07, 6.45) is 2.54. The molecular formula is C10H10BrClO. The van der Waals surface area contributed by atoms with E-state index in [0.717, 1.165) is 23.6 Å². The van der Waals surface area contributed by atoms with Gasteiger partial charge in [0.25, 0.3) is 0 Å². The molecule has 1 aliphatic rings. The predicted octanol–water partition coefficient (Wildman–Crippen LogP) is 3.64. The molecule has 3 heteroatoms. The molecular weight excluding hydrogens is 251 g/mol. The third-order valence-electron chi connectivity index (χ3n) is 2.14. The minimum atomic E-state index is 0.364. The Kier molecular flexibility index (Phi) is 2.80. The van der Waals surface area contributed by atoms with Gasteiger partial charge in [0.2, 0.25) is 0 Å². The molecule has 1 fully saturated rings. The third-order valence-corrected chi connectivity index (χ3v) is 3.12. The first-order valence-electron chi connectivity index (χ1n) is 4.30. The highest BCUT2D eigenvalue weighted by molar-refractivity contribution is 9.09. The summed E-state index contributed by atoms with van der Waals surface area (Å²) in [5.41, 5.74) is 0. The molecule has 0 N–H and O–H groups in total. The normalized spacial score (nSPS) is 26.6. The van der Waals surface area contributed by atoms with Crippen molar-refractivity contribution in [3.63, 3.8) is 0 Å². The van der Waals surface area contributed by atoms with Crippen molar-refractivity contribution in [1.82, 2.24) is 0 Å². The lowest BCUT2D eigenvalue weighted by molar-refractivity contribution is 0.128. The van der Waals surface area contributed by atoms with E-state index in [4.69, 9.17) is 16.3 Å². The molecule has 0 bridgehead atoms. The van der Waals surface area contributed by atoms with Crippen molar-refractivity contribution in [3.8, 4) is 5.75 Å². The Balaban J connectivity index is 1.94. The summed E-state index contributed by atoms with van der Waals surface area (Å²) in [5.74, 6) is 0.872. The van der Waals surface area contributed by atoms with E-state index in [-0.39, 0.29) is 0 Å². The van der Waals surface area contributed by atoms with Gasteiger partial charge < -0.3 is 4.74 Å². The topological polar surface area (TPSA) is 9.23 Å². The SMILES string of the molecule is Clc1cccc(OC2CC(Br)C2)c1. The molecule has 70 valence electrons. The van der Waals surface area contributed by atoms with Gasteiger partial charge in [0.15, 0.2) is 0 Å². The van der Waals surface area contributed by atoms with E-state index in [0.29, 0.717) is 10.9 Å². The zero-order valence-corrected chi connectivity index (χ0v) is 9.38. The number of hydrogen-bond acceptors (Lipinski definition) is 1. The lowest BCUT2D eigenvalue weighted by atomic mass is 9.96. The molecule has 1 nitrogen and oxygen atoms in total. The molecule has 1 aromatic rings. The van der Waals surface area contributed by atoms with Gasteiger partial charge in [-0.05, 0) is 31.0 Å². The monoisotopic (exact) mass is 260 g/mol. The number of hydrogen-bond donors (Lipinski definition) is 0. The van der Waals surface area contributed by atoms with Crippen LogP contribution >= 0.6 is 27.5 Å². The van der Waals surface area contributed by atoms with Gasteiger partial charge in [-0.15, -0.1) is 0 Å². The zero-order valence-electron chi connectivity index (χ0n) is 7.04. The van der Waals surface area contributed by atoms with Crippen LogP contribution in [0.1, 0.15) is 12.8 Å². The largest absolute Gasteiger partial charge is 0.490 e. The summed E-state index contributed by atoms with van der Waals surface area (Å²) in [5, 5.41) is 0.729. The van der Waals surface area contributed by atoms with E-state index in [1.165, 1.54) is 0 Å². The van der Waals surface area contributed by atoms with Gasteiger partial charge in [0.1, 0.15) is 11.9 Å². The van der Waals surface area contributed by atoms with Crippen LogP contribution in [0.3, 0.4) is 0 Å². The van der Waals surface area contributed by atoms with Gasteiger partial charge in [-0.1, -0.05) is 33.6 Å². The van der Waals surface area contributed by atoms with Gasteiger partial charge in [-0.25, -0.2) is 0 Å². The Labute approximate surface area is 91.2 Å². The maximum absolute atomic E-state index is 5.83. The molecule has 1 saturated carbocycles. The zero-order chi connectivity index (χ0) is 9.26. The molecule has 0 aliphatic heterocycles. The second-order valence-electron chi connectivity index (χ2n) is 3.27. The van der Waals surface area contributed by atoms with Crippen LogP contribution < -0.4 is 4.74 Å². The first kappa shape index (κ1) is 9.35. The average Bonchev–Trinajstić information content (AvgIpc) is 2.01. The molecule has 1 aliphatic carbocycles. The van der Waals surface area contributed by atoms with Crippen LogP contribution in [0, 0.1) is 0 Å². The standard InChI is InChI=1S/C10H10BrClO/c11-7-4-10(5-7)13-9-3-1-2-8(12)6-9/h1-3,6-7,10H,4-5H2. The number of rotatable bonds is 2. The Morgan fingerprint density at radius 2 is 2.15 bits per heavy atom. The highest BCUT2D eigenvalue weighted by Crippen LogP contribution is 2.31. The average molecular weight is 262 g/mol. The third kappa shape index (κ3) is 2.38. The smallest absolute Gasteiger partial charge is 0.121 e. The first-order valence-corrected chi connectivity index (χ1v) is 5.60. The Morgan fingerprint density at radius 3 is 2.77 bits per heavy atom. The molecule has 2 rings (SSSR count). The van der Waals surface area contributed by atoms with Crippen LogP contribution in [0.4, 0.5) is 0 Å². The van der Waals surface area contributed by atoms with E-state index in [2.05, 4.69) is 15.9 Å². The highest BCUT2D eigenvalue weighted by atomic mass is 79.9. The molecule has 13 heavy (non-hydrogen) atoms. The van der Waals surface area contributed by atoms with Crippen molar-refractivity contribution < 1.29 is 4.74 Å². The van der Waals surface area contributed by atoms with Gasteiger partial charge in [-0.2, -0.15) is 0 Å². The van der Waals surface area contributed by atoms with E-state index in [9.17, 15) is 0 Å².